The van der Waals surface area contributed by atoms with Crippen LogP contribution in [0.4, 0.5) is 11.6 Å². The van der Waals surface area contributed by atoms with E-state index in [0.717, 1.165) is 36.8 Å². The fourth-order valence-electron chi connectivity index (χ4n) is 3.70. The van der Waals surface area contributed by atoms with Crippen molar-refractivity contribution in [2.45, 2.75) is 12.8 Å². The first-order valence-corrected chi connectivity index (χ1v) is 9.98. The fraction of sp³-hybridized carbons (Fsp3) is 0.174. The van der Waals surface area contributed by atoms with Gasteiger partial charge in [-0.25, -0.2) is 9.97 Å². The Balaban J connectivity index is 1.54. The molecule has 148 valence electrons. The van der Waals surface area contributed by atoms with Gasteiger partial charge in [0.05, 0.1) is 22.5 Å². The van der Waals surface area contributed by atoms with Gasteiger partial charge in [-0.05, 0) is 37.1 Å². The van der Waals surface area contributed by atoms with Gasteiger partial charge in [-0.1, -0.05) is 24.3 Å². The lowest BCUT2D eigenvalue weighted by atomic mass is 10.1. The summed E-state index contributed by atoms with van der Waals surface area (Å²) in [5.74, 6) is 0.346. The lowest BCUT2D eigenvalue weighted by Crippen LogP contribution is -2.22. The molecule has 0 unspecified atom stereocenters. The van der Waals surface area contributed by atoms with Gasteiger partial charge in [0.15, 0.2) is 0 Å². The zero-order chi connectivity index (χ0) is 20.3. The summed E-state index contributed by atoms with van der Waals surface area (Å²) in [7, 11) is 0. The van der Waals surface area contributed by atoms with Crippen molar-refractivity contribution in [3.8, 4) is 11.4 Å². The maximum Gasteiger partial charge on any atom is 0.259 e. The van der Waals surface area contributed by atoms with E-state index in [0.29, 0.717) is 28.6 Å². The summed E-state index contributed by atoms with van der Waals surface area (Å²) in [6, 6.07) is 15.1. The van der Waals surface area contributed by atoms with Gasteiger partial charge in [0, 0.05) is 37.1 Å². The van der Waals surface area contributed by atoms with E-state index in [4.69, 9.17) is 4.98 Å². The van der Waals surface area contributed by atoms with Gasteiger partial charge in [0.2, 0.25) is 5.95 Å². The van der Waals surface area contributed by atoms with Crippen molar-refractivity contribution >= 4 is 28.4 Å². The Labute approximate surface area is 173 Å². The number of para-hydroxylation sites is 1. The van der Waals surface area contributed by atoms with E-state index in [-0.39, 0.29) is 5.91 Å². The van der Waals surface area contributed by atoms with E-state index in [1.54, 1.807) is 18.6 Å². The summed E-state index contributed by atoms with van der Waals surface area (Å²) in [5.41, 5.74) is 2.93. The second kappa shape index (κ2) is 7.87. The van der Waals surface area contributed by atoms with Gasteiger partial charge in [0.25, 0.3) is 5.91 Å². The molecule has 1 fully saturated rings. The minimum absolute atomic E-state index is 0.290. The first-order chi connectivity index (χ1) is 14.8. The van der Waals surface area contributed by atoms with Gasteiger partial charge in [-0.3, -0.25) is 14.8 Å². The summed E-state index contributed by atoms with van der Waals surface area (Å²) < 4.78 is 0. The van der Waals surface area contributed by atoms with Crippen LogP contribution < -0.4 is 10.2 Å². The van der Waals surface area contributed by atoms with Crippen LogP contribution in [0, 0.1) is 0 Å². The number of nitrogens with zero attached hydrogens (tertiary/aromatic N) is 5. The minimum atomic E-state index is -0.290. The lowest BCUT2D eigenvalue weighted by molar-refractivity contribution is 0.102. The normalized spacial score (nSPS) is 13.5. The Bertz CT molecular complexity index is 1200. The number of hydrogen-bond acceptors (Lipinski definition) is 6. The molecule has 4 aromatic rings. The number of fused-ring (bicyclic) bond motifs is 1. The molecule has 3 aromatic heterocycles. The van der Waals surface area contributed by atoms with E-state index >= 15 is 0 Å². The smallest absolute Gasteiger partial charge is 0.259 e. The molecule has 0 saturated carbocycles. The molecule has 7 heteroatoms. The van der Waals surface area contributed by atoms with Gasteiger partial charge in [-0.15, -0.1) is 0 Å². The summed E-state index contributed by atoms with van der Waals surface area (Å²) in [4.78, 5) is 33.4. The molecular formula is C23H20N6O. The van der Waals surface area contributed by atoms with Gasteiger partial charge in [0.1, 0.15) is 5.69 Å². The van der Waals surface area contributed by atoms with E-state index in [9.17, 15) is 4.79 Å². The Morgan fingerprint density at radius 2 is 1.73 bits per heavy atom. The predicted molar refractivity (Wildman–Crippen MR) is 116 cm³/mol. The van der Waals surface area contributed by atoms with Crippen LogP contribution in [-0.2, 0) is 0 Å². The van der Waals surface area contributed by atoms with Crippen LogP contribution in [0.15, 0.2) is 67.1 Å². The number of amides is 1. The first-order valence-electron chi connectivity index (χ1n) is 9.98. The minimum Gasteiger partial charge on any atom is -0.341 e. The second-order valence-corrected chi connectivity index (χ2v) is 7.18. The standard InChI is InChI=1S/C23H20N6O/c30-22(27-19-10-5-7-16-8-6-12-25-20(16)19)17-15-26-23(29-13-3-4-14-29)28-21(17)18-9-1-2-11-24-18/h1-2,5-12,15H,3-4,13-14H2,(H,27,30). The first kappa shape index (κ1) is 18.2. The van der Waals surface area contributed by atoms with Crippen LogP contribution in [0.3, 0.4) is 0 Å². The van der Waals surface area contributed by atoms with Crippen LogP contribution in [-0.4, -0.2) is 38.9 Å². The van der Waals surface area contributed by atoms with Gasteiger partial charge >= 0.3 is 0 Å². The molecule has 1 amide bonds. The third kappa shape index (κ3) is 3.45. The van der Waals surface area contributed by atoms with Crippen molar-refractivity contribution in [1.82, 2.24) is 19.9 Å². The van der Waals surface area contributed by atoms with E-state index in [1.165, 1.54) is 0 Å². The number of nitrogens with one attached hydrogen (secondary N) is 1. The zero-order valence-corrected chi connectivity index (χ0v) is 16.3. The Morgan fingerprint density at radius 1 is 0.900 bits per heavy atom. The van der Waals surface area contributed by atoms with Crippen molar-refractivity contribution in [2.24, 2.45) is 0 Å². The average molecular weight is 396 g/mol. The van der Waals surface area contributed by atoms with Crippen molar-refractivity contribution in [1.29, 1.82) is 0 Å². The van der Waals surface area contributed by atoms with Crippen molar-refractivity contribution < 1.29 is 4.79 Å². The number of carbonyl (C=O) groups excluding carboxylic acids is 1. The topological polar surface area (TPSA) is 83.9 Å². The van der Waals surface area contributed by atoms with Crippen LogP contribution in [0.25, 0.3) is 22.3 Å². The van der Waals surface area contributed by atoms with Crippen molar-refractivity contribution in [3.63, 3.8) is 0 Å². The Morgan fingerprint density at radius 3 is 2.57 bits per heavy atom. The maximum absolute atomic E-state index is 13.2. The second-order valence-electron chi connectivity index (χ2n) is 7.18. The highest BCUT2D eigenvalue weighted by Gasteiger charge is 2.21. The number of benzene rings is 1. The Hall–Kier alpha value is -3.87. The molecule has 0 radical (unpaired) electrons. The molecule has 0 spiro atoms. The molecule has 4 heterocycles. The summed E-state index contributed by atoms with van der Waals surface area (Å²) in [6.45, 7) is 1.85. The monoisotopic (exact) mass is 396 g/mol. The molecule has 0 atom stereocenters. The number of carbonyl (C=O) groups is 1. The molecule has 30 heavy (non-hydrogen) atoms. The van der Waals surface area contributed by atoms with E-state index in [2.05, 4.69) is 25.2 Å². The van der Waals surface area contributed by atoms with Crippen LogP contribution >= 0.6 is 0 Å². The molecule has 1 aliphatic rings. The fourth-order valence-corrected chi connectivity index (χ4v) is 3.70. The molecule has 5 rings (SSSR count). The highest BCUT2D eigenvalue weighted by atomic mass is 16.1. The highest BCUT2D eigenvalue weighted by molar-refractivity contribution is 6.10. The average Bonchev–Trinajstić information content (AvgIpc) is 3.35. The third-order valence-electron chi connectivity index (χ3n) is 5.20. The molecule has 1 saturated heterocycles. The summed E-state index contributed by atoms with van der Waals surface area (Å²) in [5, 5.41) is 3.94. The molecular weight excluding hydrogens is 376 g/mol. The summed E-state index contributed by atoms with van der Waals surface area (Å²) >= 11 is 0. The molecule has 0 aliphatic carbocycles. The van der Waals surface area contributed by atoms with Crippen molar-refractivity contribution in [2.75, 3.05) is 23.3 Å². The summed E-state index contributed by atoms with van der Waals surface area (Å²) in [6.07, 6.45) is 7.25. The molecule has 1 N–H and O–H groups in total. The predicted octanol–water partition coefficient (Wildman–Crippen LogP) is 3.94. The third-order valence-corrected chi connectivity index (χ3v) is 5.20. The largest absolute Gasteiger partial charge is 0.341 e. The van der Waals surface area contributed by atoms with Crippen LogP contribution in [0.2, 0.25) is 0 Å². The number of hydrogen-bond donors (Lipinski definition) is 1. The lowest BCUT2D eigenvalue weighted by Gasteiger charge is -2.17. The Kier molecular flexibility index (Phi) is 4.77. The van der Waals surface area contributed by atoms with Crippen LogP contribution in [0.5, 0.6) is 0 Å². The molecule has 1 aliphatic heterocycles. The number of rotatable bonds is 4. The van der Waals surface area contributed by atoms with Crippen LogP contribution in [0.1, 0.15) is 23.2 Å². The van der Waals surface area contributed by atoms with E-state index < -0.39 is 0 Å². The highest BCUT2D eigenvalue weighted by Crippen LogP contribution is 2.26. The molecule has 7 nitrogen and oxygen atoms in total. The maximum atomic E-state index is 13.2. The quantitative estimate of drug-likeness (QED) is 0.563. The van der Waals surface area contributed by atoms with E-state index in [1.807, 2.05) is 48.5 Å². The van der Waals surface area contributed by atoms with Gasteiger partial charge < -0.3 is 10.2 Å². The zero-order valence-electron chi connectivity index (χ0n) is 16.3. The number of pyridine rings is 2. The number of aromatic nitrogens is 4. The van der Waals surface area contributed by atoms with Crippen molar-refractivity contribution in [3.05, 3.63) is 72.7 Å². The SMILES string of the molecule is O=C(Nc1cccc2cccnc12)c1cnc(N2CCCC2)nc1-c1ccccn1. The number of anilines is 2. The van der Waals surface area contributed by atoms with Gasteiger partial charge in [-0.2, -0.15) is 0 Å². The molecule has 0 bridgehead atoms. The molecule has 1 aromatic carbocycles.